The summed E-state index contributed by atoms with van der Waals surface area (Å²) in [6.45, 7) is 2.14. The molecule has 2 rings (SSSR count). The minimum atomic E-state index is -0.990. The highest BCUT2D eigenvalue weighted by molar-refractivity contribution is 5.97. The van der Waals surface area contributed by atoms with Crippen LogP contribution in [0.2, 0.25) is 0 Å². The summed E-state index contributed by atoms with van der Waals surface area (Å²) in [6, 6.07) is 3.47. The minimum absolute atomic E-state index is 0.180. The normalized spacial score (nSPS) is 17.8. The molecule has 0 aromatic heterocycles. The van der Waals surface area contributed by atoms with Crippen LogP contribution >= 0.6 is 0 Å². The van der Waals surface area contributed by atoms with Crippen molar-refractivity contribution in [1.29, 1.82) is 0 Å². The van der Waals surface area contributed by atoms with Gasteiger partial charge in [-0.1, -0.05) is 6.92 Å². The molecule has 112 valence electrons. The monoisotopic (exact) mass is 292 g/mol. The average Bonchev–Trinajstić information content (AvgIpc) is 2.95. The Balaban J connectivity index is 2.46. The molecule has 1 aliphatic rings. The van der Waals surface area contributed by atoms with Gasteiger partial charge in [0.05, 0.1) is 4.92 Å². The first-order chi connectivity index (χ1) is 9.95. The summed E-state index contributed by atoms with van der Waals surface area (Å²) in [4.78, 5) is 35.1. The van der Waals surface area contributed by atoms with Crippen LogP contribution in [0.5, 0.6) is 0 Å². The summed E-state index contributed by atoms with van der Waals surface area (Å²) in [5.41, 5.74) is 0.319. The third-order valence-corrected chi connectivity index (χ3v) is 3.66. The molecule has 0 unspecified atom stereocenters. The lowest BCUT2D eigenvalue weighted by Gasteiger charge is -2.23. The van der Waals surface area contributed by atoms with Gasteiger partial charge in [0.15, 0.2) is 5.78 Å². The molecule has 0 radical (unpaired) electrons. The number of carboxylic acid groups (broad SMARTS) is 1. The van der Waals surface area contributed by atoms with Crippen LogP contribution in [-0.4, -0.2) is 34.4 Å². The highest BCUT2D eigenvalue weighted by Gasteiger charge is 2.34. The van der Waals surface area contributed by atoms with Crippen molar-refractivity contribution in [2.24, 2.45) is 0 Å². The maximum Gasteiger partial charge on any atom is 0.326 e. The number of carbonyl (C=O) groups is 2. The number of carboxylic acids is 1. The fraction of sp³-hybridized carbons (Fsp3) is 0.429. The van der Waals surface area contributed by atoms with Crippen LogP contribution in [0.25, 0.3) is 0 Å². The molecule has 1 saturated heterocycles. The van der Waals surface area contributed by atoms with Crippen LogP contribution in [0.1, 0.15) is 36.5 Å². The third kappa shape index (κ3) is 2.86. The van der Waals surface area contributed by atoms with Gasteiger partial charge in [0.2, 0.25) is 0 Å². The van der Waals surface area contributed by atoms with Crippen molar-refractivity contribution in [3.05, 3.63) is 33.9 Å². The summed E-state index contributed by atoms with van der Waals surface area (Å²) in [6.07, 6.45) is 1.39. The minimum Gasteiger partial charge on any atom is -0.480 e. The zero-order valence-electron chi connectivity index (χ0n) is 11.6. The van der Waals surface area contributed by atoms with Crippen molar-refractivity contribution in [1.82, 2.24) is 0 Å². The Morgan fingerprint density at radius 2 is 2.19 bits per heavy atom. The van der Waals surface area contributed by atoms with E-state index in [9.17, 15) is 24.8 Å². The number of nitrogens with zero attached hydrogens (tertiary/aromatic N) is 2. The molecule has 1 fully saturated rings. The number of carbonyl (C=O) groups excluding carboxylic acids is 1. The van der Waals surface area contributed by atoms with E-state index in [1.165, 1.54) is 23.1 Å². The summed E-state index contributed by atoms with van der Waals surface area (Å²) in [7, 11) is 0. The predicted octanol–water partition coefficient (Wildman–Crippen LogP) is 2.24. The van der Waals surface area contributed by atoms with Crippen LogP contribution in [0, 0.1) is 10.1 Å². The standard InChI is InChI=1S/C14H16N2O5/c1-2-13(17)9-5-6-10(12(8-9)16(20)21)15-7-3-4-11(15)14(18)19/h5-6,8,11H,2-4,7H2,1H3,(H,18,19)/t11-/m0/s1. The SMILES string of the molecule is CCC(=O)c1ccc(N2CCC[C@H]2C(=O)O)c([N+](=O)[O-])c1. The Morgan fingerprint density at radius 1 is 1.48 bits per heavy atom. The van der Waals surface area contributed by atoms with Gasteiger partial charge in [-0.3, -0.25) is 14.9 Å². The number of hydrogen-bond donors (Lipinski definition) is 1. The van der Waals surface area contributed by atoms with Gasteiger partial charge in [-0.15, -0.1) is 0 Å². The van der Waals surface area contributed by atoms with Crippen LogP contribution in [0.4, 0.5) is 11.4 Å². The molecule has 7 heteroatoms. The fourth-order valence-electron chi connectivity index (χ4n) is 2.60. The first kappa shape index (κ1) is 15.0. The molecule has 0 spiro atoms. The molecule has 0 saturated carbocycles. The van der Waals surface area contributed by atoms with E-state index in [1.54, 1.807) is 6.92 Å². The topological polar surface area (TPSA) is 101 Å². The van der Waals surface area contributed by atoms with E-state index in [1.807, 2.05) is 0 Å². The zero-order chi connectivity index (χ0) is 15.6. The Hall–Kier alpha value is -2.44. The van der Waals surface area contributed by atoms with E-state index in [2.05, 4.69) is 0 Å². The predicted molar refractivity (Wildman–Crippen MR) is 75.7 cm³/mol. The molecular weight excluding hydrogens is 276 g/mol. The Kier molecular flexibility index (Phi) is 4.21. The van der Waals surface area contributed by atoms with Crippen LogP contribution < -0.4 is 4.90 Å². The van der Waals surface area contributed by atoms with Gasteiger partial charge >= 0.3 is 5.97 Å². The number of anilines is 1. The summed E-state index contributed by atoms with van der Waals surface area (Å²) < 4.78 is 0. The van der Waals surface area contributed by atoms with E-state index in [0.29, 0.717) is 19.4 Å². The molecule has 0 amide bonds. The van der Waals surface area contributed by atoms with E-state index in [0.717, 1.165) is 0 Å². The number of benzene rings is 1. The number of ketones is 1. The maximum atomic E-state index is 11.7. The van der Waals surface area contributed by atoms with Crippen LogP contribution in [0.15, 0.2) is 18.2 Å². The number of hydrogen-bond acceptors (Lipinski definition) is 5. The number of rotatable bonds is 5. The number of nitro benzene ring substituents is 1. The fourth-order valence-corrected chi connectivity index (χ4v) is 2.60. The van der Waals surface area contributed by atoms with Gasteiger partial charge in [-0.2, -0.15) is 0 Å². The second-order valence-electron chi connectivity index (χ2n) is 4.93. The Labute approximate surface area is 121 Å². The van der Waals surface area contributed by atoms with Crippen molar-refractivity contribution >= 4 is 23.1 Å². The van der Waals surface area contributed by atoms with Crippen LogP contribution in [-0.2, 0) is 4.79 Å². The van der Waals surface area contributed by atoms with Gasteiger partial charge < -0.3 is 10.0 Å². The van der Waals surface area contributed by atoms with Crippen LogP contribution in [0.3, 0.4) is 0 Å². The second-order valence-corrected chi connectivity index (χ2v) is 4.93. The number of Topliss-reactive ketones (excluding diaryl/α,β-unsaturated/α-hetero) is 1. The van der Waals surface area contributed by atoms with E-state index in [-0.39, 0.29) is 29.1 Å². The summed E-state index contributed by atoms with van der Waals surface area (Å²) in [5, 5.41) is 20.4. The number of aliphatic carboxylic acids is 1. The molecule has 1 heterocycles. The first-order valence-corrected chi connectivity index (χ1v) is 6.76. The van der Waals surface area contributed by atoms with E-state index < -0.39 is 16.9 Å². The molecule has 7 nitrogen and oxygen atoms in total. The van der Waals surface area contributed by atoms with Gasteiger partial charge in [-0.05, 0) is 25.0 Å². The van der Waals surface area contributed by atoms with Gasteiger partial charge in [0.25, 0.3) is 5.69 Å². The maximum absolute atomic E-state index is 11.7. The third-order valence-electron chi connectivity index (χ3n) is 3.66. The molecule has 0 bridgehead atoms. The lowest BCUT2D eigenvalue weighted by Crippen LogP contribution is -2.36. The lowest BCUT2D eigenvalue weighted by atomic mass is 10.1. The Morgan fingerprint density at radius 3 is 2.76 bits per heavy atom. The van der Waals surface area contributed by atoms with E-state index in [4.69, 9.17) is 0 Å². The largest absolute Gasteiger partial charge is 0.480 e. The summed E-state index contributed by atoms with van der Waals surface area (Å²) in [5.74, 6) is -1.17. The van der Waals surface area contributed by atoms with Gasteiger partial charge in [-0.25, -0.2) is 4.79 Å². The smallest absolute Gasteiger partial charge is 0.326 e. The van der Waals surface area contributed by atoms with Crippen molar-refractivity contribution < 1.29 is 19.6 Å². The quantitative estimate of drug-likeness (QED) is 0.507. The molecule has 1 N–H and O–H groups in total. The number of nitro groups is 1. The van der Waals surface area contributed by atoms with Crippen molar-refractivity contribution in [2.75, 3.05) is 11.4 Å². The van der Waals surface area contributed by atoms with Gasteiger partial charge in [0, 0.05) is 24.6 Å². The zero-order valence-corrected chi connectivity index (χ0v) is 11.6. The molecule has 21 heavy (non-hydrogen) atoms. The van der Waals surface area contributed by atoms with Crippen molar-refractivity contribution in [3.63, 3.8) is 0 Å². The average molecular weight is 292 g/mol. The molecular formula is C14H16N2O5. The highest BCUT2D eigenvalue weighted by atomic mass is 16.6. The van der Waals surface area contributed by atoms with Crippen molar-refractivity contribution in [3.8, 4) is 0 Å². The first-order valence-electron chi connectivity index (χ1n) is 6.76. The lowest BCUT2D eigenvalue weighted by molar-refractivity contribution is -0.384. The Bertz CT molecular complexity index is 599. The molecule has 1 aliphatic heterocycles. The highest BCUT2D eigenvalue weighted by Crippen LogP contribution is 2.34. The van der Waals surface area contributed by atoms with Crippen molar-refractivity contribution in [2.45, 2.75) is 32.2 Å². The second kappa shape index (κ2) is 5.90. The molecule has 1 aromatic carbocycles. The molecule has 1 aromatic rings. The molecule has 1 atom stereocenters. The molecule has 0 aliphatic carbocycles. The van der Waals surface area contributed by atoms with Gasteiger partial charge in [0.1, 0.15) is 11.7 Å². The van der Waals surface area contributed by atoms with E-state index >= 15 is 0 Å². The summed E-state index contributed by atoms with van der Waals surface area (Å²) >= 11 is 0.